The number of aromatic nitrogens is 2. The summed E-state index contributed by atoms with van der Waals surface area (Å²) in [4.78, 5) is 40.5. The van der Waals surface area contributed by atoms with Gasteiger partial charge in [-0.2, -0.15) is 4.31 Å². The average Bonchev–Trinajstić information content (AvgIpc) is 3.12. The molecule has 2 heterocycles. The molecular formula is C11H16N8O6S. The lowest BCUT2D eigenvalue weighted by Gasteiger charge is -2.14. The Bertz CT molecular complexity index is 822. The summed E-state index contributed by atoms with van der Waals surface area (Å²) in [5, 5.41) is 11.6. The van der Waals surface area contributed by atoms with Crippen molar-refractivity contribution in [3.8, 4) is 0 Å². The Hall–Kier alpha value is -3.07. The number of hydrazine groups is 1. The van der Waals surface area contributed by atoms with Gasteiger partial charge in [0.25, 0.3) is 15.9 Å². The Balaban J connectivity index is 1.89. The van der Waals surface area contributed by atoms with Crippen LogP contribution in [-0.4, -0.2) is 58.4 Å². The molecule has 15 heteroatoms. The van der Waals surface area contributed by atoms with E-state index in [1.165, 1.54) is 0 Å². The fraction of sp³-hybridized carbons (Fsp3) is 0.455. The average molecular weight is 388 g/mol. The normalized spacial score (nSPS) is 14.6. The molecule has 26 heavy (non-hydrogen) atoms. The Morgan fingerprint density at radius 3 is 2.58 bits per heavy atom. The number of nitrogens with zero attached hydrogens (tertiary/aromatic N) is 4. The molecule has 1 fully saturated rings. The van der Waals surface area contributed by atoms with Crippen LogP contribution in [-0.2, 0) is 14.8 Å². The van der Waals surface area contributed by atoms with Gasteiger partial charge in [0.1, 0.15) is 6.33 Å². The number of hydrogen-bond donors (Lipinski definition) is 4. The van der Waals surface area contributed by atoms with E-state index in [0.717, 1.165) is 10.6 Å². The number of carbonyl (C=O) groups excluding carboxylic acids is 2. The third-order valence-electron chi connectivity index (χ3n) is 3.39. The van der Waals surface area contributed by atoms with Crippen LogP contribution in [0.2, 0.25) is 0 Å². The molecule has 1 aromatic heterocycles. The maximum Gasteiger partial charge on any atom is 0.354 e. The highest BCUT2D eigenvalue weighted by atomic mass is 32.2. The molecule has 1 aromatic rings. The van der Waals surface area contributed by atoms with Crippen LogP contribution in [0.5, 0.6) is 0 Å². The van der Waals surface area contributed by atoms with Crippen molar-refractivity contribution in [3.05, 3.63) is 16.4 Å². The van der Waals surface area contributed by atoms with E-state index in [1.807, 2.05) is 10.7 Å². The lowest BCUT2D eigenvalue weighted by Crippen LogP contribution is -2.45. The predicted octanol–water partition coefficient (Wildman–Crippen LogP) is -1.45. The molecule has 0 radical (unpaired) electrons. The molecule has 0 aliphatic carbocycles. The highest BCUT2D eigenvalue weighted by molar-refractivity contribution is 8.04. The van der Waals surface area contributed by atoms with Crippen LogP contribution in [0.3, 0.4) is 0 Å². The second kappa shape index (κ2) is 7.87. The summed E-state index contributed by atoms with van der Waals surface area (Å²) in [6.07, 6.45) is 2.27. The highest BCUT2D eigenvalue weighted by Crippen LogP contribution is 2.25. The van der Waals surface area contributed by atoms with E-state index in [0.29, 0.717) is 12.8 Å². The minimum Gasteiger partial charge on any atom is -0.378 e. The van der Waals surface area contributed by atoms with Crippen LogP contribution in [0.1, 0.15) is 12.8 Å². The fourth-order valence-corrected chi connectivity index (χ4v) is 3.35. The Kier molecular flexibility index (Phi) is 5.83. The third-order valence-corrected chi connectivity index (χ3v) is 5.04. The van der Waals surface area contributed by atoms with Crippen LogP contribution in [0.15, 0.2) is 6.33 Å². The number of amides is 2. The summed E-state index contributed by atoms with van der Waals surface area (Å²) < 4.78 is 24.9. The number of carbonyl (C=O) groups is 2. The minimum atomic E-state index is -4.17. The van der Waals surface area contributed by atoms with Crippen molar-refractivity contribution in [3.63, 3.8) is 0 Å². The summed E-state index contributed by atoms with van der Waals surface area (Å²) in [5.74, 6) is -1.64. The molecule has 1 aliphatic rings. The summed E-state index contributed by atoms with van der Waals surface area (Å²) >= 11 is 0. The number of nitrogens with two attached hydrogens (primary N) is 1. The molecule has 14 nitrogen and oxygen atoms in total. The van der Waals surface area contributed by atoms with E-state index in [2.05, 4.69) is 15.4 Å². The SMILES string of the molecule is Nc1ncnc(NNC(=O)CNC(=O)S(=O)(=O)N2CCCC2)c1[N+](=O)[O-]. The van der Waals surface area contributed by atoms with Gasteiger partial charge in [-0.3, -0.25) is 30.6 Å². The molecule has 0 bridgehead atoms. The molecule has 0 atom stereocenters. The summed E-state index contributed by atoms with van der Waals surface area (Å²) in [6, 6.07) is 0. The molecule has 0 saturated carbocycles. The van der Waals surface area contributed by atoms with Crippen LogP contribution in [0, 0.1) is 10.1 Å². The number of hydrogen-bond acceptors (Lipinski definition) is 10. The van der Waals surface area contributed by atoms with Gasteiger partial charge in [0.15, 0.2) is 0 Å². The van der Waals surface area contributed by atoms with Gasteiger partial charge in [0.05, 0.1) is 11.5 Å². The van der Waals surface area contributed by atoms with Gasteiger partial charge in [-0.05, 0) is 12.8 Å². The smallest absolute Gasteiger partial charge is 0.354 e. The molecule has 2 rings (SSSR count). The van der Waals surface area contributed by atoms with E-state index in [4.69, 9.17) is 5.73 Å². The first-order chi connectivity index (χ1) is 12.2. The van der Waals surface area contributed by atoms with Crippen molar-refractivity contribution in [2.24, 2.45) is 0 Å². The van der Waals surface area contributed by atoms with Crippen molar-refractivity contribution in [1.29, 1.82) is 0 Å². The van der Waals surface area contributed by atoms with Crippen LogP contribution >= 0.6 is 0 Å². The van der Waals surface area contributed by atoms with Gasteiger partial charge in [0, 0.05) is 13.1 Å². The van der Waals surface area contributed by atoms with E-state index < -0.39 is 44.1 Å². The molecule has 1 saturated heterocycles. The zero-order valence-corrected chi connectivity index (χ0v) is 14.2. The fourth-order valence-electron chi connectivity index (χ4n) is 2.13. The molecule has 1 aliphatic heterocycles. The monoisotopic (exact) mass is 388 g/mol. The largest absolute Gasteiger partial charge is 0.378 e. The second-order valence-corrected chi connectivity index (χ2v) is 6.98. The quantitative estimate of drug-likeness (QED) is 0.329. The maximum atomic E-state index is 11.9. The Labute approximate surface area is 147 Å². The number of anilines is 2. The standard InChI is InChI=1S/C11H16N8O6S/c12-9-8(19(22)23)10(15-6-14-9)17-16-7(20)5-13-11(21)26(24,25)18-3-1-2-4-18/h6H,1-5H2,(H,13,21)(H,16,20)(H3,12,14,15,17). The van der Waals surface area contributed by atoms with Crippen molar-refractivity contribution < 1.29 is 22.9 Å². The zero-order valence-electron chi connectivity index (χ0n) is 13.3. The van der Waals surface area contributed by atoms with Crippen LogP contribution in [0.25, 0.3) is 0 Å². The number of rotatable bonds is 6. The first-order valence-corrected chi connectivity index (χ1v) is 8.75. The third kappa shape index (κ3) is 4.31. The lowest BCUT2D eigenvalue weighted by atomic mass is 10.4. The topological polar surface area (TPSA) is 203 Å². The molecule has 5 N–H and O–H groups in total. The number of nitrogens with one attached hydrogen (secondary N) is 3. The van der Waals surface area contributed by atoms with Crippen molar-refractivity contribution in [1.82, 2.24) is 25.0 Å². The Morgan fingerprint density at radius 2 is 1.96 bits per heavy atom. The van der Waals surface area contributed by atoms with Crippen molar-refractivity contribution in [2.45, 2.75) is 12.8 Å². The van der Waals surface area contributed by atoms with E-state index >= 15 is 0 Å². The molecule has 0 aromatic carbocycles. The van der Waals surface area contributed by atoms with E-state index in [-0.39, 0.29) is 18.9 Å². The molecule has 142 valence electrons. The van der Waals surface area contributed by atoms with Gasteiger partial charge < -0.3 is 11.1 Å². The van der Waals surface area contributed by atoms with Crippen molar-refractivity contribution in [2.75, 3.05) is 30.8 Å². The molecule has 0 unspecified atom stereocenters. The van der Waals surface area contributed by atoms with Crippen LogP contribution in [0.4, 0.5) is 22.1 Å². The van der Waals surface area contributed by atoms with Gasteiger partial charge >= 0.3 is 10.9 Å². The number of nitrogen functional groups attached to an aromatic ring is 1. The van der Waals surface area contributed by atoms with Gasteiger partial charge in [-0.1, -0.05) is 0 Å². The summed E-state index contributed by atoms with van der Waals surface area (Å²) in [6.45, 7) is -0.169. The lowest BCUT2D eigenvalue weighted by molar-refractivity contribution is -0.383. The number of sulfonamides is 1. The van der Waals surface area contributed by atoms with Gasteiger partial charge in [-0.25, -0.2) is 18.4 Å². The van der Waals surface area contributed by atoms with E-state index in [9.17, 15) is 28.1 Å². The first-order valence-electron chi connectivity index (χ1n) is 7.31. The second-order valence-electron chi connectivity index (χ2n) is 5.14. The predicted molar refractivity (Wildman–Crippen MR) is 88.0 cm³/mol. The molecule has 2 amide bonds. The maximum absolute atomic E-state index is 11.9. The zero-order chi connectivity index (χ0) is 19.3. The van der Waals surface area contributed by atoms with Crippen molar-refractivity contribution >= 4 is 38.5 Å². The summed E-state index contributed by atoms with van der Waals surface area (Å²) in [5.41, 5.74) is 8.92. The highest BCUT2D eigenvalue weighted by Gasteiger charge is 2.32. The minimum absolute atomic E-state index is 0.252. The Morgan fingerprint density at radius 1 is 1.31 bits per heavy atom. The number of nitro groups is 1. The molecule has 0 spiro atoms. The van der Waals surface area contributed by atoms with Gasteiger partial charge in [0.2, 0.25) is 11.6 Å². The van der Waals surface area contributed by atoms with Crippen LogP contribution < -0.4 is 21.9 Å². The van der Waals surface area contributed by atoms with Gasteiger partial charge in [-0.15, -0.1) is 0 Å². The molecular weight excluding hydrogens is 372 g/mol. The summed E-state index contributed by atoms with van der Waals surface area (Å²) in [7, 11) is -4.17. The van der Waals surface area contributed by atoms with E-state index in [1.54, 1.807) is 0 Å². The first kappa shape index (κ1) is 19.3.